The maximum atomic E-state index is 12.8. The van der Waals surface area contributed by atoms with E-state index in [1.54, 1.807) is 0 Å². The molecule has 0 aliphatic heterocycles. The molecule has 1 atom stereocenters. The van der Waals surface area contributed by atoms with E-state index in [1.807, 2.05) is 0 Å². The Morgan fingerprint density at radius 2 is 0.650 bits per heavy atom. The third kappa shape index (κ3) is 46.2. The maximum Gasteiger partial charge on any atom is 0.306 e. The van der Waals surface area contributed by atoms with E-state index < -0.39 is 6.10 Å². The minimum atomic E-state index is -0.782. The lowest BCUT2D eigenvalue weighted by Gasteiger charge is -2.18. The summed E-state index contributed by atoms with van der Waals surface area (Å²) in [6, 6.07) is 0. The summed E-state index contributed by atoms with van der Waals surface area (Å²) in [5, 5.41) is 0. The first-order chi connectivity index (χ1) is 29.5. The number of carbonyl (C=O) groups is 3. The summed E-state index contributed by atoms with van der Waals surface area (Å²) < 4.78 is 16.7. The third-order valence-electron chi connectivity index (χ3n) is 10.8. The highest BCUT2D eigenvalue weighted by molar-refractivity contribution is 5.71. The minimum Gasteiger partial charge on any atom is -0.462 e. The third-order valence-corrected chi connectivity index (χ3v) is 10.8. The van der Waals surface area contributed by atoms with Crippen molar-refractivity contribution in [2.75, 3.05) is 13.2 Å². The monoisotopic (exact) mass is 839 g/mol. The van der Waals surface area contributed by atoms with Gasteiger partial charge >= 0.3 is 17.9 Å². The number of ether oxygens (including phenoxy) is 3. The number of esters is 3. The molecule has 346 valence electrons. The van der Waals surface area contributed by atoms with Gasteiger partial charge in [0.2, 0.25) is 0 Å². The van der Waals surface area contributed by atoms with Gasteiger partial charge in [-0.05, 0) is 64.2 Å². The summed E-state index contributed by atoms with van der Waals surface area (Å²) in [6.45, 7) is 6.46. The average molecular weight is 839 g/mol. The van der Waals surface area contributed by atoms with Crippen LogP contribution in [0.2, 0.25) is 0 Å². The number of rotatable bonds is 45. The van der Waals surface area contributed by atoms with Crippen molar-refractivity contribution in [3.8, 4) is 0 Å². The van der Waals surface area contributed by atoms with Gasteiger partial charge in [0.15, 0.2) is 6.10 Å². The van der Waals surface area contributed by atoms with Crippen molar-refractivity contribution in [2.45, 2.75) is 252 Å². The Kier molecular flexibility index (Phi) is 46.4. The first-order valence-corrected chi connectivity index (χ1v) is 25.3. The molecule has 0 heterocycles. The molecule has 0 bridgehead atoms. The molecule has 0 saturated heterocycles. The Bertz CT molecular complexity index is 1100. The van der Waals surface area contributed by atoms with Crippen LogP contribution in [0.3, 0.4) is 0 Å². The van der Waals surface area contributed by atoms with E-state index in [2.05, 4.69) is 81.5 Å². The molecule has 6 heteroatoms. The molecule has 0 aromatic heterocycles. The molecule has 0 radical (unpaired) electrons. The van der Waals surface area contributed by atoms with Gasteiger partial charge in [-0.1, -0.05) is 223 Å². The van der Waals surface area contributed by atoms with Crippen LogP contribution in [0.1, 0.15) is 245 Å². The van der Waals surface area contributed by atoms with Crippen molar-refractivity contribution in [1.29, 1.82) is 0 Å². The SMILES string of the molecule is CC/C=C\C/C=C\C/C=C\C/C=C\C/C=C\CCCCCC(=O)OCC(COC(=O)CCCCCCCCC)OC(=O)CCCCCCCCCCCCCCCCCC. The molecule has 0 spiro atoms. The molecule has 0 rings (SSSR count). The molecule has 60 heavy (non-hydrogen) atoms. The Morgan fingerprint density at radius 1 is 0.350 bits per heavy atom. The topological polar surface area (TPSA) is 78.9 Å². The second-order valence-electron chi connectivity index (χ2n) is 16.7. The molecule has 1 unspecified atom stereocenters. The van der Waals surface area contributed by atoms with Gasteiger partial charge in [0.1, 0.15) is 13.2 Å². The number of hydrogen-bond acceptors (Lipinski definition) is 6. The first-order valence-electron chi connectivity index (χ1n) is 25.3. The van der Waals surface area contributed by atoms with Crippen molar-refractivity contribution in [3.05, 3.63) is 60.8 Å². The fourth-order valence-electron chi connectivity index (χ4n) is 7.00. The molecule has 0 saturated carbocycles. The smallest absolute Gasteiger partial charge is 0.306 e. The first kappa shape index (κ1) is 57.1. The van der Waals surface area contributed by atoms with Crippen LogP contribution in [-0.2, 0) is 28.6 Å². The molecule has 0 aliphatic rings. The molecule has 0 N–H and O–H groups in total. The molecular weight excluding hydrogens is 745 g/mol. The number of hydrogen-bond donors (Lipinski definition) is 0. The van der Waals surface area contributed by atoms with Gasteiger partial charge < -0.3 is 14.2 Å². The fourth-order valence-corrected chi connectivity index (χ4v) is 7.00. The van der Waals surface area contributed by atoms with Crippen LogP contribution in [0.4, 0.5) is 0 Å². The van der Waals surface area contributed by atoms with Crippen molar-refractivity contribution in [2.24, 2.45) is 0 Å². The maximum absolute atomic E-state index is 12.8. The highest BCUT2D eigenvalue weighted by atomic mass is 16.6. The van der Waals surface area contributed by atoms with Gasteiger partial charge in [-0.25, -0.2) is 0 Å². The predicted octanol–water partition coefficient (Wildman–Crippen LogP) is 16.5. The van der Waals surface area contributed by atoms with Gasteiger partial charge in [-0.15, -0.1) is 0 Å². The normalized spacial score (nSPS) is 12.5. The average Bonchev–Trinajstić information content (AvgIpc) is 3.24. The molecule has 0 fully saturated rings. The summed E-state index contributed by atoms with van der Waals surface area (Å²) >= 11 is 0. The van der Waals surface area contributed by atoms with Crippen LogP contribution in [0.5, 0.6) is 0 Å². The number of unbranched alkanes of at least 4 members (excludes halogenated alkanes) is 24. The summed E-state index contributed by atoms with van der Waals surface area (Å²) in [6.07, 6.45) is 59.3. The van der Waals surface area contributed by atoms with E-state index in [-0.39, 0.29) is 31.1 Å². The van der Waals surface area contributed by atoms with E-state index in [0.29, 0.717) is 19.3 Å². The van der Waals surface area contributed by atoms with Crippen LogP contribution in [0, 0.1) is 0 Å². The fraction of sp³-hybridized carbons (Fsp3) is 0.759. The van der Waals surface area contributed by atoms with Gasteiger partial charge in [0.05, 0.1) is 0 Å². The number of allylic oxidation sites excluding steroid dienone is 10. The van der Waals surface area contributed by atoms with Crippen molar-refractivity contribution >= 4 is 17.9 Å². The van der Waals surface area contributed by atoms with E-state index >= 15 is 0 Å². The zero-order chi connectivity index (χ0) is 43.7. The summed E-state index contributed by atoms with van der Waals surface area (Å²) in [5.41, 5.74) is 0. The van der Waals surface area contributed by atoms with E-state index in [1.165, 1.54) is 109 Å². The van der Waals surface area contributed by atoms with Crippen LogP contribution in [0.25, 0.3) is 0 Å². The van der Waals surface area contributed by atoms with Crippen LogP contribution in [0.15, 0.2) is 60.8 Å². The van der Waals surface area contributed by atoms with E-state index in [4.69, 9.17) is 14.2 Å². The van der Waals surface area contributed by atoms with Gasteiger partial charge in [-0.2, -0.15) is 0 Å². The summed E-state index contributed by atoms with van der Waals surface area (Å²) in [7, 11) is 0. The van der Waals surface area contributed by atoms with Gasteiger partial charge in [0, 0.05) is 19.3 Å². The van der Waals surface area contributed by atoms with Gasteiger partial charge in [0.25, 0.3) is 0 Å². The van der Waals surface area contributed by atoms with Crippen molar-refractivity contribution in [3.63, 3.8) is 0 Å². The molecule has 0 aromatic rings. The Labute approximate surface area is 370 Å². The lowest BCUT2D eigenvalue weighted by Crippen LogP contribution is -2.30. The van der Waals surface area contributed by atoms with E-state index in [9.17, 15) is 14.4 Å². The second kappa shape index (κ2) is 48.8. The molecule has 6 nitrogen and oxygen atoms in total. The Balaban J connectivity index is 4.31. The van der Waals surface area contributed by atoms with Crippen LogP contribution < -0.4 is 0 Å². The standard InChI is InChI=1S/C54H94O6/c1-4-7-10-13-16-18-20-22-24-26-27-28-30-31-33-35-38-41-44-47-53(56)59-50-51(49-58-52(55)46-43-40-37-15-12-9-6-3)60-54(57)48-45-42-39-36-34-32-29-25-23-21-19-17-14-11-8-5-2/h7,10,16,18,22,24,27-28,31,33,51H,4-6,8-9,11-15,17,19-21,23,25-26,29-30,32,34-50H2,1-3H3/b10-7-,18-16-,24-22-,28-27-,33-31-. The minimum absolute atomic E-state index is 0.0828. The largest absolute Gasteiger partial charge is 0.462 e. The van der Waals surface area contributed by atoms with Crippen molar-refractivity contribution in [1.82, 2.24) is 0 Å². The zero-order valence-electron chi connectivity index (χ0n) is 39.5. The Hall–Kier alpha value is -2.89. The lowest BCUT2D eigenvalue weighted by molar-refractivity contribution is -0.167. The number of carbonyl (C=O) groups excluding carboxylic acids is 3. The van der Waals surface area contributed by atoms with Crippen LogP contribution >= 0.6 is 0 Å². The Morgan fingerprint density at radius 3 is 1.02 bits per heavy atom. The highest BCUT2D eigenvalue weighted by Gasteiger charge is 2.19. The molecule has 0 amide bonds. The summed E-state index contributed by atoms with van der Waals surface area (Å²) in [5.74, 6) is -0.918. The summed E-state index contributed by atoms with van der Waals surface area (Å²) in [4.78, 5) is 37.8. The zero-order valence-corrected chi connectivity index (χ0v) is 39.5. The van der Waals surface area contributed by atoms with Gasteiger partial charge in [-0.3, -0.25) is 14.4 Å². The predicted molar refractivity (Wildman–Crippen MR) is 256 cm³/mol. The molecule has 0 aromatic carbocycles. The van der Waals surface area contributed by atoms with Crippen molar-refractivity contribution < 1.29 is 28.6 Å². The highest BCUT2D eigenvalue weighted by Crippen LogP contribution is 2.15. The second-order valence-corrected chi connectivity index (χ2v) is 16.7. The van der Waals surface area contributed by atoms with E-state index in [0.717, 1.165) is 96.3 Å². The molecule has 0 aliphatic carbocycles. The quantitative estimate of drug-likeness (QED) is 0.0263. The van der Waals surface area contributed by atoms with Crippen LogP contribution in [-0.4, -0.2) is 37.2 Å². The lowest BCUT2D eigenvalue weighted by atomic mass is 10.0. The molecular formula is C54H94O6.